The lowest BCUT2D eigenvalue weighted by atomic mass is 9.88. The van der Waals surface area contributed by atoms with Crippen LogP contribution >= 0.6 is 11.6 Å². The van der Waals surface area contributed by atoms with Crippen molar-refractivity contribution in [1.82, 2.24) is 10.3 Å². The summed E-state index contributed by atoms with van der Waals surface area (Å²) in [5.74, 6) is 0.0945. The monoisotopic (exact) mass is 301 g/mol. The molecule has 1 amide bonds. The molecule has 1 aliphatic carbocycles. The minimum atomic E-state index is -0.196. The highest BCUT2D eigenvalue weighted by Gasteiger charge is 2.21. The zero-order valence-electron chi connectivity index (χ0n) is 11.5. The average Bonchev–Trinajstić information content (AvgIpc) is 2.49. The number of nitrogens with two attached hydrogens (primary N) is 1. The van der Waals surface area contributed by atoms with E-state index in [0.29, 0.717) is 16.4 Å². The molecule has 1 aromatic carbocycles. The molecule has 1 aliphatic rings. The number of amides is 1. The fourth-order valence-electron chi connectivity index (χ4n) is 2.71. The molecular weight excluding hydrogens is 286 g/mol. The van der Waals surface area contributed by atoms with Crippen LogP contribution in [0, 0.1) is 0 Å². The van der Waals surface area contributed by atoms with Gasteiger partial charge in [0.25, 0.3) is 5.91 Å². The zero-order valence-corrected chi connectivity index (χ0v) is 12.2. The minimum Gasteiger partial charge on any atom is -0.384 e. The highest BCUT2D eigenvalue weighted by atomic mass is 35.5. The van der Waals surface area contributed by atoms with Gasteiger partial charge < -0.3 is 11.1 Å². The minimum absolute atomic E-state index is 0.123. The first-order valence-electron chi connectivity index (χ1n) is 6.92. The summed E-state index contributed by atoms with van der Waals surface area (Å²) in [6.07, 6.45) is 4.16. The molecule has 1 heterocycles. The predicted molar refractivity (Wildman–Crippen MR) is 83.4 cm³/mol. The van der Waals surface area contributed by atoms with E-state index < -0.39 is 0 Å². The number of aromatic nitrogens is 1. The smallest absolute Gasteiger partial charge is 0.253 e. The Morgan fingerprint density at radius 3 is 2.90 bits per heavy atom. The lowest BCUT2D eigenvalue weighted by molar-refractivity contribution is 0.0934. The van der Waals surface area contributed by atoms with Crippen molar-refractivity contribution in [3.63, 3.8) is 0 Å². The second-order valence-electron chi connectivity index (χ2n) is 5.27. The summed E-state index contributed by atoms with van der Waals surface area (Å²) in [5, 5.41) is 3.35. The lowest BCUT2D eigenvalue weighted by Gasteiger charge is -2.25. The van der Waals surface area contributed by atoms with Crippen LogP contribution in [0.3, 0.4) is 0 Å². The average molecular weight is 302 g/mol. The van der Waals surface area contributed by atoms with Crippen LogP contribution in [-0.4, -0.2) is 16.9 Å². The summed E-state index contributed by atoms with van der Waals surface area (Å²) in [6.45, 7) is 0. The number of hydrogen-bond acceptors (Lipinski definition) is 3. The van der Waals surface area contributed by atoms with Crippen LogP contribution in [0.2, 0.25) is 5.02 Å². The molecule has 0 bridgehead atoms. The molecule has 3 rings (SSSR count). The Kier molecular flexibility index (Phi) is 3.80. The summed E-state index contributed by atoms with van der Waals surface area (Å²) in [5.41, 5.74) is 8.66. The molecule has 0 aliphatic heterocycles. The van der Waals surface area contributed by atoms with E-state index in [-0.39, 0.29) is 11.9 Å². The molecule has 0 spiro atoms. The molecule has 0 saturated carbocycles. The van der Waals surface area contributed by atoms with Gasteiger partial charge >= 0.3 is 0 Å². The van der Waals surface area contributed by atoms with Crippen LogP contribution in [0.25, 0.3) is 0 Å². The van der Waals surface area contributed by atoms with Crippen molar-refractivity contribution in [1.29, 1.82) is 0 Å². The van der Waals surface area contributed by atoms with Crippen molar-refractivity contribution >= 4 is 23.3 Å². The summed E-state index contributed by atoms with van der Waals surface area (Å²) in [4.78, 5) is 16.2. The third-order valence-corrected chi connectivity index (χ3v) is 4.10. The second-order valence-corrected chi connectivity index (χ2v) is 5.68. The molecule has 0 radical (unpaired) electrons. The summed E-state index contributed by atoms with van der Waals surface area (Å²) < 4.78 is 0. The topological polar surface area (TPSA) is 68.0 Å². The van der Waals surface area contributed by atoms with Crippen molar-refractivity contribution in [2.45, 2.75) is 25.3 Å². The maximum atomic E-state index is 12.3. The maximum absolute atomic E-state index is 12.3. The van der Waals surface area contributed by atoms with Gasteiger partial charge in [0.2, 0.25) is 0 Å². The van der Waals surface area contributed by atoms with Gasteiger partial charge in [-0.15, -0.1) is 0 Å². The number of fused-ring (bicyclic) bond motifs is 1. The predicted octanol–water partition coefficient (Wildman–Crippen LogP) is 2.60. The summed E-state index contributed by atoms with van der Waals surface area (Å²) in [6, 6.07) is 9.98. The first-order valence-corrected chi connectivity index (χ1v) is 7.30. The third kappa shape index (κ3) is 3.00. The highest BCUT2D eigenvalue weighted by Crippen LogP contribution is 2.22. The number of carbonyl (C=O) groups is 1. The number of nitrogens with zero attached hydrogens (tertiary/aromatic N) is 1. The van der Waals surface area contributed by atoms with Gasteiger partial charge in [-0.3, -0.25) is 4.79 Å². The number of aryl methyl sites for hydroxylation is 1. The number of pyridine rings is 1. The first kappa shape index (κ1) is 13.9. The largest absolute Gasteiger partial charge is 0.384 e. The number of nitrogen functional groups attached to an aromatic ring is 1. The van der Waals surface area contributed by atoms with E-state index in [4.69, 9.17) is 17.3 Å². The molecule has 108 valence electrons. The van der Waals surface area contributed by atoms with E-state index in [2.05, 4.69) is 28.5 Å². The van der Waals surface area contributed by atoms with Gasteiger partial charge in [-0.1, -0.05) is 35.9 Å². The number of halogens is 1. The number of nitrogens with one attached hydrogen (secondary N) is 1. The fourth-order valence-corrected chi connectivity index (χ4v) is 2.90. The van der Waals surface area contributed by atoms with Crippen LogP contribution in [0.15, 0.2) is 36.5 Å². The molecule has 0 fully saturated rings. The van der Waals surface area contributed by atoms with Crippen molar-refractivity contribution in [3.05, 3.63) is 58.2 Å². The molecule has 5 heteroatoms. The number of benzene rings is 1. The van der Waals surface area contributed by atoms with Crippen LogP contribution in [-0.2, 0) is 12.8 Å². The van der Waals surface area contributed by atoms with Crippen molar-refractivity contribution < 1.29 is 4.79 Å². The van der Waals surface area contributed by atoms with Crippen molar-refractivity contribution in [3.8, 4) is 0 Å². The van der Waals surface area contributed by atoms with Gasteiger partial charge in [0.05, 0.1) is 10.6 Å². The standard InChI is InChI=1S/C16H16ClN3O/c17-14-9-19-15(18)8-13(14)16(21)20-12-6-5-10-3-1-2-4-11(10)7-12/h1-4,8-9,12H,5-7H2,(H2,18,19)(H,20,21). The quantitative estimate of drug-likeness (QED) is 0.896. The normalized spacial score (nSPS) is 17.1. The molecule has 3 N–H and O–H groups in total. The molecule has 1 atom stereocenters. The zero-order chi connectivity index (χ0) is 14.8. The Bertz CT molecular complexity index is 687. The Morgan fingerprint density at radius 2 is 2.10 bits per heavy atom. The van der Waals surface area contributed by atoms with Gasteiger partial charge in [0, 0.05) is 12.2 Å². The molecule has 4 nitrogen and oxygen atoms in total. The molecule has 0 saturated heterocycles. The van der Waals surface area contributed by atoms with Crippen LogP contribution in [0.5, 0.6) is 0 Å². The number of anilines is 1. The lowest BCUT2D eigenvalue weighted by Crippen LogP contribution is -2.39. The van der Waals surface area contributed by atoms with Gasteiger partial charge in [-0.2, -0.15) is 0 Å². The van der Waals surface area contributed by atoms with E-state index in [0.717, 1.165) is 19.3 Å². The number of carbonyl (C=O) groups excluding carboxylic acids is 1. The van der Waals surface area contributed by atoms with E-state index in [1.165, 1.54) is 23.4 Å². The second kappa shape index (κ2) is 5.74. The van der Waals surface area contributed by atoms with Gasteiger partial charge in [0.1, 0.15) is 5.82 Å². The van der Waals surface area contributed by atoms with Gasteiger partial charge in [-0.05, 0) is 36.5 Å². The number of rotatable bonds is 2. The summed E-state index contributed by atoms with van der Waals surface area (Å²) >= 11 is 6.01. The fraction of sp³-hybridized carbons (Fsp3) is 0.250. The van der Waals surface area contributed by atoms with Crippen LogP contribution < -0.4 is 11.1 Å². The van der Waals surface area contributed by atoms with Crippen molar-refractivity contribution in [2.24, 2.45) is 0 Å². The molecule has 2 aromatic rings. The summed E-state index contributed by atoms with van der Waals surface area (Å²) in [7, 11) is 0. The first-order chi connectivity index (χ1) is 10.1. The molecule has 1 aromatic heterocycles. The third-order valence-electron chi connectivity index (χ3n) is 3.80. The van der Waals surface area contributed by atoms with Crippen molar-refractivity contribution in [2.75, 3.05) is 5.73 Å². The Labute approximate surface area is 128 Å². The van der Waals surface area contributed by atoms with Gasteiger partial charge in [0.15, 0.2) is 0 Å². The Hall–Kier alpha value is -2.07. The molecule has 21 heavy (non-hydrogen) atoms. The van der Waals surface area contributed by atoms with E-state index in [9.17, 15) is 4.79 Å². The Morgan fingerprint density at radius 1 is 1.33 bits per heavy atom. The van der Waals surface area contributed by atoms with Crippen LogP contribution in [0.1, 0.15) is 27.9 Å². The van der Waals surface area contributed by atoms with Gasteiger partial charge in [-0.25, -0.2) is 4.98 Å². The molecular formula is C16H16ClN3O. The van der Waals surface area contributed by atoms with E-state index in [1.807, 2.05) is 6.07 Å². The Balaban J connectivity index is 1.73. The number of hydrogen-bond donors (Lipinski definition) is 2. The molecule has 1 unspecified atom stereocenters. The SMILES string of the molecule is Nc1cc(C(=O)NC2CCc3ccccc3C2)c(Cl)cn1. The maximum Gasteiger partial charge on any atom is 0.253 e. The van der Waals surface area contributed by atoms with E-state index in [1.54, 1.807) is 0 Å². The van der Waals surface area contributed by atoms with Crippen LogP contribution in [0.4, 0.5) is 5.82 Å². The highest BCUT2D eigenvalue weighted by molar-refractivity contribution is 6.33. The van der Waals surface area contributed by atoms with E-state index >= 15 is 0 Å².